The van der Waals surface area contributed by atoms with Gasteiger partial charge in [0.25, 0.3) is 5.56 Å². The van der Waals surface area contributed by atoms with E-state index >= 15 is 0 Å². The van der Waals surface area contributed by atoms with E-state index in [0.29, 0.717) is 24.0 Å². The molecule has 104 valence electrons. The summed E-state index contributed by atoms with van der Waals surface area (Å²) in [6.07, 6.45) is 4.35. The number of anilines is 1. The van der Waals surface area contributed by atoms with Gasteiger partial charge in [0.1, 0.15) is 17.7 Å². The maximum absolute atomic E-state index is 11.5. The first kappa shape index (κ1) is 13.6. The SMILES string of the molecule is CCCCC(Nc1cc(=O)[nH]c(C2CC2)n1)C(=O)O. The molecule has 2 rings (SSSR count). The number of rotatable bonds is 7. The summed E-state index contributed by atoms with van der Waals surface area (Å²) < 4.78 is 0. The second kappa shape index (κ2) is 5.86. The highest BCUT2D eigenvalue weighted by molar-refractivity contribution is 5.76. The number of aromatic amines is 1. The summed E-state index contributed by atoms with van der Waals surface area (Å²) >= 11 is 0. The Hall–Kier alpha value is -1.85. The molecule has 1 fully saturated rings. The number of hydrogen-bond acceptors (Lipinski definition) is 4. The zero-order chi connectivity index (χ0) is 13.8. The van der Waals surface area contributed by atoms with Gasteiger partial charge < -0.3 is 15.4 Å². The summed E-state index contributed by atoms with van der Waals surface area (Å²) in [6, 6.07) is 0.620. The normalized spacial score (nSPS) is 16.1. The highest BCUT2D eigenvalue weighted by Crippen LogP contribution is 2.37. The molecule has 3 N–H and O–H groups in total. The lowest BCUT2D eigenvalue weighted by Crippen LogP contribution is -2.30. The molecular formula is C13H19N3O3. The fourth-order valence-corrected chi connectivity index (χ4v) is 1.94. The van der Waals surface area contributed by atoms with Crippen molar-refractivity contribution in [1.82, 2.24) is 9.97 Å². The molecule has 19 heavy (non-hydrogen) atoms. The van der Waals surface area contributed by atoms with Crippen LogP contribution in [0.15, 0.2) is 10.9 Å². The van der Waals surface area contributed by atoms with Gasteiger partial charge in [-0.1, -0.05) is 19.8 Å². The monoisotopic (exact) mass is 265 g/mol. The molecule has 1 aromatic rings. The number of carboxylic acid groups (broad SMARTS) is 1. The van der Waals surface area contributed by atoms with E-state index in [2.05, 4.69) is 15.3 Å². The molecule has 0 bridgehead atoms. The highest BCUT2D eigenvalue weighted by atomic mass is 16.4. The van der Waals surface area contributed by atoms with Gasteiger partial charge in [-0.25, -0.2) is 9.78 Å². The first-order chi connectivity index (χ1) is 9.10. The van der Waals surface area contributed by atoms with Gasteiger partial charge in [0, 0.05) is 12.0 Å². The Bertz CT molecular complexity index is 508. The van der Waals surface area contributed by atoms with Crippen LogP contribution in [0.3, 0.4) is 0 Å². The number of carbonyl (C=O) groups is 1. The fraction of sp³-hybridized carbons (Fsp3) is 0.615. The van der Waals surface area contributed by atoms with Crippen LogP contribution in [0, 0.1) is 0 Å². The summed E-state index contributed by atoms with van der Waals surface area (Å²) in [7, 11) is 0. The van der Waals surface area contributed by atoms with Crippen LogP contribution in [0.5, 0.6) is 0 Å². The molecule has 1 unspecified atom stereocenters. The summed E-state index contributed by atoms with van der Waals surface area (Å²) in [5.41, 5.74) is -0.237. The maximum atomic E-state index is 11.5. The van der Waals surface area contributed by atoms with Gasteiger partial charge >= 0.3 is 5.97 Å². The second-order valence-corrected chi connectivity index (χ2v) is 4.97. The third-order valence-corrected chi connectivity index (χ3v) is 3.19. The van der Waals surface area contributed by atoms with E-state index in [9.17, 15) is 9.59 Å². The minimum atomic E-state index is -0.913. The number of nitrogens with zero attached hydrogens (tertiary/aromatic N) is 1. The van der Waals surface area contributed by atoms with Gasteiger partial charge in [0.15, 0.2) is 0 Å². The molecule has 0 aromatic carbocycles. The minimum absolute atomic E-state index is 0.237. The maximum Gasteiger partial charge on any atom is 0.326 e. The molecule has 1 saturated carbocycles. The molecule has 0 aliphatic heterocycles. The molecule has 0 saturated heterocycles. The van der Waals surface area contributed by atoms with Crippen LogP contribution < -0.4 is 10.9 Å². The van der Waals surface area contributed by atoms with E-state index in [1.165, 1.54) is 6.07 Å². The molecule has 1 aliphatic rings. The Labute approximate surface area is 111 Å². The average molecular weight is 265 g/mol. The smallest absolute Gasteiger partial charge is 0.326 e. The van der Waals surface area contributed by atoms with Gasteiger partial charge in [-0.15, -0.1) is 0 Å². The molecule has 6 nitrogen and oxygen atoms in total. The van der Waals surface area contributed by atoms with Crippen LogP contribution in [-0.2, 0) is 4.79 Å². The summed E-state index contributed by atoms with van der Waals surface area (Å²) in [4.78, 5) is 29.7. The molecule has 1 aliphatic carbocycles. The molecule has 6 heteroatoms. The second-order valence-electron chi connectivity index (χ2n) is 4.97. The van der Waals surface area contributed by atoms with Crippen molar-refractivity contribution in [2.45, 2.75) is 51.0 Å². The van der Waals surface area contributed by atoms with Crippen LogP contribution in [0.1, 0.15) is 50.8 Å². The van der Waals surface area contributed by atoms with Crippen molar-refractivity contribution < 1.29 is 9.90 Å². The molecule has 1 atom stereocenters. The van der Waals surface area contributed by atoms with Gasteiger partial charge in [0.2, 0.25) is 0 Å². The Kier molecular flexibility index (Phi) is 4.19. The number of aromatic nitrogens is 2. The standard InChI is InChI=1S/C13H19N3O3/c1-2-3-4-9(13(18)19)14-10-7-11(17)16-12(15-10)8-5-6-8/h7-9H,2-6H2,1H3,(H,18,19)(H2,14,15,16,17). The van der Waals surface area contributed by atoms with Gasteiger partial charge in [0.05, 0.1) is 0 Å². The summed E-state index contributed by atoms with van der Waals surface area (Å²) in [5, 5.41) is 12.0. The lowest BCUT2D eigenvalue weighted by atomic mass is 10.1. The third-order valence-electron chi connectivity index (χ3n) is 3.19. The first-order valence-electron chi connectivity index (χ1n) is 6.70. The van der Waals surface area contributed by atoms with Gasteiger partial charge in [-0.2, -0.15) is 0 Å². The number of nitrogens with one attached hydrogen (secondary N) is 2. The largest absolute Gasteiger partial charge is 0.480 e. The van der Waals surface area contributed by atoms with E-state index in [4.69, 9.17) is 5.11 Å². The van der Waals surface area contributed by atoms with Gasteiger partial charge in [-0.3, -0.25) is 4.79 Å². The molecular weight excluding hydrogens is 246 g/mol. The number of carboxylic acids is 1. The summed E-state index contributed by atoms with van der Waals surface area (Å²) in [5.74, 6) is 0.431. The topological polar surface area (TPSA) is 95.1 Å². The lowest BCUT2D eigenvalue weighted by Gasteiger charge is -2.14. The van der Waals surface area contributed by atoms with Crippen molar-refractivity contribution in [2.24, 2.45) is 0 Å². The minimum Gasteiger partial charge on any atom is -0.480 e. The van der Waals surface area contributed by atoms with Crippen LogP contribution in [0.4, 0.5) is 5.82 Å². The molecule has 1 heterocycles. The van der Waals surface area contributed by atoms with E-state index in [1.54, 1.807) is 0 Å². The first-order valence-corrected chi connectivity index (χ1v) is 6.70. The van der Waals surface area contributed by atoms with Crippen molar-refractivity contribution in [2.75, 3.05) is 5.32 Å². The number of aliphatic carboxylic acids is 1. The fourth-order valence-electron chi connectivity index (χ4n) is 1.94. The van der Waals surface area contributed by atoms with Crippen LogP contribution in [-0.4, -0.2) is 27.1 Å². The van der Waals surface area contributed by atoms with Gasteiger partial charge in [-0.05, 0) is 19.3 Å². The molecule has 0 radical (unpaired) electrons. The Morgan fingerprint density at radius 1 is 1.63 bits per heavy atom. The number of unbranched alkanes of at least 4 members (excludes halogenated alkanes) is 1. The zero-order valence-electron chi connectivity index (χ0n) is 11.0. The Morgan fingerprint density at radius 3 is 2.95 bits per heavy atom. The molecule has 1 aromatic heterocycles. The number of hydrogen-bond donors (Lipinski definition) is 3. The van der Waals surface area contributed by atoms with Crippen molar-refractivity contribution >= 4 is 11.8 Å². The van der Waals surface area contributed by atoms with Crippen molar-refractivity contribution in [1.29, 1.82) is 0 Å². The highest BCUT2D eigenvalue weighted by Gasteiger charge is 2.27. The third kappa shape index (κ3) is 3.81. The van der Waals surface area contributed by atoms with E-state index < -0.39 is 12.0 Å². The number of H-pyrrole nitrogens is 1. The van der Waals surface area contributed by atoms with Crippen molar-refractivity contribution in [3.63, 3.8) is 0 Å². The van der Waals surface area contributed by atoms with Crippen LogP contribution in [0.2, 0.25) is 0 Å². The molecule has 0 spiro atoms. The quantitative estimate of drug-likeness (QED) is 0.697. The zero-order valence-corrected chi connectivity index (χ0v) is 11.0. The van der Waals surface area contributed by atoms with Crippen molar-refractivity contribution in [3.8, 4) is 0 Å². The lowest BCUT2D eigenvalue weighted by molar-refractivity contribution is -0.138. The van der Waals surface area contributed by atoms with E-state index in [1.807, 2.05) is 6.92 Å². The van der Waals surface area contributed by atoms with E-state index in [0.717, 1.165) is 25.7 Å². The van der Waals surface area contributed by atoms with Crippen molar-refractivity contribution in [3.05, 3.63) is 22.2 Å². The van der Waals surface area contributed by atoms with Crippen LogP contribution in [0.25, 0.3) is 0 Å². The van der Waals surface area contributed by atoms with Crippen LogP contribution >= 0.6 is 0 Å². The Morgan fingerprint density at radius 2 is 2.37 bits per heavy atom. The van der Waals surface area contributed by atoms with E-state index in [-0.39, 0.29) is 5.56 Å². The Balaban J connectivity index is 2.11. The summed E-state index contributed by atoms with van der Waals surface area (Å²) in [6.45, 7) is 2.01. The average Bonchev–Trinajstić information content (AvgIpc) is 3.17. The molecule has 0 amide bonds. The predicted octanol–water partition coefficient (Wildman–Crippen LogP) is 1.70. The predicted molar refractivity (Wildman–Crippen MR) is 71.4 cm³/mol.